The number of nitrogens with one attached hydrogen (secondary N) is 3. The van der Waals surface area contributed by atoms with Crippen LogP contribution < -0.4 is 25.0 Å². The number of amides is 2. The zero-order valence-corrected chi connectivity index (χ0v) is 36.5. The number of hydrogen-bond donors (Lipinski definition) is 3. The minimum Gasteiger partial charge on any atom is -0.490 e. The number of rotatable bonds is 9. The second-order valence-electron chi connectivity index (χ2n) is 17.6. The number of nitrogens with zero attached hydrogens (tertiary/aromatic N) is 3. The van der Waals surface area contributed by atoms with Crippen molar-refractivity contribution in [3.8, 4) is 5.75 Å². The highest BCUT2D eigenvalue weighted by Gasteiger charge is 2.44. The number of aromatic nitrogens is 1. The first-order valence-corrected chi connectivity index (χ1v) is 23.0. The monoisotopic (exact) mass is 832 g/mol. The van der Waals surface area contributed by atoms with Gasteiger partial charge in [0.25, 0.3) is 11.8 Å². The Balaban J connectivity index is 1.21. The summed E-state index contributed by atoms with van der Waals surface area (Å²) < 4.78 is 36.6. The average molecular weight is 834 g/mol. The lowest BCUT2D eigenvalue weighted by Gasteiger charge is -2.46. The zero-order chi connectivity index (χ0) is 41.2. The van der Waals surface area contributed by atoms with Gasteiger partial charge >= 0.3 is 0 Å². The molecule has 1 spiro atoms. The molecule has 2 aliphatic carbocycles. The van der Waals surface area contributed by atoms with Crippen molar-refractivity contribution in [2.75, 3.05) is 44.0 Å². The van der Waals surface area contributed by atoms with Gasteiger partial charge in [-0.15, -0.1) is 4.36 Å². The number of anilines is 1. The van der Waals surface area contributed by atoms with Crippen molar-refractivity contribution in [1.29, 1.82) is 0 Å². The molecule has 0 radical (unpaired) electrons. The number of allylic oxidation sites excluding steroid dienone is 1. The van der Waals surface area contributed by atoms with Crippen LogP contribution in [0, 0.1) is 17.8 Å². The van der Waals surface area contributed by atoms with Crippen LogP contribution in [0.15, 0.2) is 65.2 Å². The predicted octanol–water partition coefficient (Wildman–Crippen LogP) is 7.22. The van der Waals surface area contributed by atoms with E-state index in [1.165, 1.54) is 11.1 Å². The number of fused-ring (bicyclic) bond motifs is 4. The molecule has 13 heteroatoms. The van der Waals surface area contributed by atoms with Crippen molar-refractivity contribution in [1.82, 2.24) is 19.9 Å². The maximum Gasteiger partial charge on any atom is 0.286 e. The van der Waals surface area contributed by atoms with E-state index < -0.39 is 21.7 Å². The van der Waals surface area contributed by atoms with Gasteiger partial charge in [-0.1, -0.05) is 50.6 Å². The van der Waals surface area contributed by atoms with Gasteiger partial charge in [-0.25, -0.2) is 4.21 Å². The normalized spacial score (nSPS) is 28.3. The fourth-order valence-corrected chi connectivity index (χ4v) is 11.6. The number of carbonyl (C=O) groups excluding carboxylic acids is 2. The van der Waals surface area contributed by atoms with Crippen LogP contribution in [0.5, 0.6) is 5.75 Å². The third-order valence-corrected chi connectivity index (χ3v) is 14.7. The largest absolute Gasteiger partial charge is 0.490 e. The molecule has 4 aliphatic rings. The van der Waals surface area contributed by atoms with E-state index in [9.17, 15) is 13.8 Å². The summed E-state index contributed by atoms with van der Waals surface area (Å²) in [4.78, 5) is 30.5. The number of carbonyl (C=O) groups is 2. The molecular weight excluding hydrogens is 772 g/mol. The first-order valence-electron chi connectivity index (χ1n) is 21.0. The van der Waals surface area contributed by atoms with E-state index in [1.54, 1.807) is 25.4 Å². The Morgan fingerprint density at radius 1 is 1.16 bits per heavy atom. The van der Waals surface area contributed by atoms with Gasteiger partial charge in [0.2, 0.25) is 0 Å². The summed E-state index contributed by atoms with van der Waals surface area (Å²) in [7, 11) is 0.0930. The summed E-state index contributed by atoms with van der Waals surface area (Å²) in [5, 5.41) is 7.67. The van der Waals surface area contributed by atoms with Gasteiger partial charge in [-0.05, 0) is 111 Å². The molecule has 7 rings (SSSR count). The molecule has 2 amide bonds. The van der Waals surface area contributed by atoms with Gasteiger partial charge in [-0.2, -0.15) is 0 Å². The van der Waals surface area contributed by atoms with Gasteiger partial charge in [0.1, 0.15) is 15.7 Å². The second-order valence-corrected chi connectivity index (χ2v) is 20.0. The van der Waals surface area contributed by atoms with Crippen LogP contribution in [-0.4, -0.2) is 77.9 Å². The molecule has 3 N–H and O–H groups in total. The summed E-state index contributed by atoms with van der Waals surface area (Å²) >= 11 is 6.49. The standard InChI is InChI=1S/C45H61ClN6O5S/c1-29(2)48-31(4)22-47-23-37-20-35(24-51(37)5)44(54)50-58(55)26-30(3)9-7-11-41(56-6)38-15-12-34(38)25-52-27-45(18-8-10-32-19-36(46)14-16-39(32)45)28-57-42-17-13-33(21-40(42)52)43(53)49-58/h7,11,13-14,16-17,19-21,24,29-31,34,38,41,47-48H,8-10,12,15,18,22-23,25-28H2,1-6H3,(H,49,50,53,54,55)/b11-7+/t30-,31+,34-,38+,41-,45-,58?/m0/s1. The zero-order valence-electron chi connectivity index (χ0n) is 34.9. The Bertz CT molecular complexity index is 2140. The van der Waals surface area contributed by atoms with Crippen LogP contribution in [-0.2, 0) is 40.1 Å². The molecule has 2 bridgehead atoms. The third kappa shape index (κ3) is 9.52. The van der Waals surface area contributed by atoms with E-state index in [-0.39, 0.29) is 29.2 Å². The minimum atomic E-state index is -3.56. The lowest BCUT2D eigenvalue weighted by molar-refractivity contribution is 0.0131. The minimum absolute atomic E-state index is 0.00658. The Hall–Kier alpha value is -3.68. The van der Waals surface area contributed by atoms with E-state index in [0.29, 0.717) is 60.9 Å². The third-order valence-electron chi connectivity index (χ3n) is 12.5. The molecule has 11 nitrogen and oxygen atoms in total. The summed E-state index contributed by atoms with van der Waals surface area (Å²) in [6, 6.07) is 14.1. The molecule has 1 aromatic heterocycles. The molecular formula is C45H61ClN6O5S. The molecule has 314 valence electrons. The highest BCUT2D eigenvalue weighted by molar-refractivity contribution is 7.92. The summed E-state index contributed by atoms with van der Waals surface area (Å²) in [5.74, 6) is 0.105. The van der Waals surface area contributed by atoms with Crippen LogP contribution in [0.1, 0.15) is 97.3 Å². The Morgan fingerprint density at radius 3 is 2.74 bits per heavy atom. The number of ether oxygens (including phenoxy) is 2. The van der Waals surface area contributed by atoms with Crippen LogP contribution in [0.3, 0.4) is 0 Å². The highest BCUT2D eigenvalue weighted by atomic mass is 35.5. The molecule has 0 saturated heterocycles. The van der Waals surface area contributed by atoms with E-state index in [2.05, 4.69) is 69.7 Å². The van der Waals surface area contributed by atoms with Crippen molar-refractivity contribution in [3.63, 3.8) is 0 Å². The first-order chi connectivity index (χ1) is 27.7. The molecule has 1 fully saturated rings. The predicted molar refractivity (Wildman–Crippen MR) is 232 cm³/mol. The molecule has 1 unspecified atom stereocenters. The maximum absolute atomic E-state index is 14.8. The van der Waals surface area contributed by atoms with Crippen molar-refractivity contribution >= 4 is 39.0 Å². The van der Waals surface area contributed by atoms with Crippen molar-refractivity contribution in [2.45, 2.75) is 96.4 Å². The molecule has 2 aliphatic heterocycles. The van der Waals surface area contributed by atoms with Crippen molar-refractivity contribution in [3.05, 3.63) is 93.8 Å². The Labute approximate surface area is 350 Å². The van der Waals surface area contributed by atoms with E-state index in [1.807, 2.05) is 36.7 Å². The second kappa shape index (κ2) is 17.9. The molecule has 3 aromatic rings. The summed E-state index contributed by atoms with van der Waals surface area (Å²) in [6.07, 6.45) is 11.6. The van der Waals surface area contributed by atoms with Gasteiger partial charge < -0.3 is 29.6 Å². The van der Waals surface area contributed by atoms with Gasteiger partial charge in [0.15, 0.2) is 0 Å². The van der Waals surface area contributed by atoms with Crippen molar-refractivity contribution in [2.24, 2.45) is 29.2 Å². The smallest absolute Gasteiger partial charge is 0.286 e. The van der Waals surface area contributed by atoms with Gasteiger partial charge in [-0.3, -0.25) is 14.3 Å². The number of methoxy groups -OCH3 is 1. The first kappa shape index (κ1) is 42.4. The van der Waals surface area contributed by atoms with E-state index in [4.69, 9.17) is 21.1 Å². The number of halogens is 1. The highest BCUT2D eigenvalue weighted by Crippen LogP contribution is 2.47. The summed E-state index contributed by atoms with van der Waals surface area (Å²) in [6.45, 7) is 11.6. The van der Waals surface area contributed by atoms with Gasteiger partial charge in [0, 0.05) is 80.3 Å². The van der Waals surface area contributed by atoms with E-state index >= 15 is 0 Å². The van der Waals surface area contributed by atoms with Crippen LogP contribution >= 0.6 is 11.6 Å². The number of hydrogen-bond acceptors (Lipinski definition) is 8. The van der Waals surface area contributed by atoms with Crippen LogP contribution in [0.25, 0.3) is 0 Å². The maximum atomic E-state index is 14.8. The van der Waals surface area contributed by atoms with Gasteiger partial charge in [0.05, 0.1) is 29.7 Å². The van der Waals surface area contributed by atoms with E-state index in [0.717, 1.165) is 61.6 Å². The molecule has 2 aromatic carbocycles. The quantitative estimate of drug-likeness (QED) is 0.193. The molecule has 1 saturated carbocycles. The lowest BCUT2D eigenvalue weighted by Crippen LogP contribution is -2.49. The Morgan fingerprint density at radius 2 is 1.98 bits per heavy atom. The SMILES string of the molecule is CO[C@H]1/C=C/C[C@H](C)CS(=O)(NC(=O)c2cc(CNC[C@@H](C)NC(C)C)n(C)c2)=NC(=O)c2ccc3c(c2)N(C[C@@H]2CC[C@H]21)C[C@@]1(CCCc2cc(Cl)ccc21)CO3. The molecule has 7 atom stereocenters. The summed E-state index contributed by atoms with van der Waals surface area (Å²) in [5.41, 5.74) is 4.66. The van der Waals surface area contributed by atoms with Crippen molar-refractivity contribution < 1.29 is 23.3 Å². The molecule has 58 heavy (non-hydrogen) atoms. The number of aryl methyl sites for hydroxylation is 2. The van der Waals surface area contributed by atoms with Crippen LogP contribution in [0.2, 0.25) is 5.02 Å². The topological polar surface area (TPSA) is 126 Å². The number of benzene rings is 2. The molecule has 3 heterocycles. The average Bonchev–Trinajstić information content (AvgIpc) is 3.46. The Kier molecular flexibility index (Phi) is 13.1. The lowest BCUT2D eigenvalue weighted by atomic mass is 9.68. The van der Waals surface area contributed by atoms with Crippen LogP contribution in [0.4, 0.5) is 5.69 Å². The fourth-order valence-electron chi connectivity index (χ4n) is 9.53. The fraction of sp³-hybridized carbons (Fsp3) is 0.556.